The molecule has 12 nitrogen and oxygen atoms in total. The third kappa shape index (κ3) is 24.5. The first kappa shape index (κ1) is 35.4. The normalized spacial score (nSPS) is 11.5. The van der Waals surface area contributed by atoms with Crippen molar-refractivity contribution in [1.29, 1.82) is 0 Å². The minimum absolute atomic E-state index is 0.258. The van der Waals surface area contributed by atoms with Gasteiger partial charge in [0.15, 0.2) is 0 Å². The Morgan fingerprint density at radius 1 is 0.324 bits per heavy atom. The summed E-state index contributed by atoms with van der Waals surface area (Å²) in [6, 6.07) is 0. The molecule has 0 saturated carbocycles. The zero-order valence-corrected chi connectivity index (χ0v) is 21.9. The van der Waals surface area contributed by atoms with Crippen LogP contribution in [0.4, 0.5) is 0 Å². The van der Waals surface area contributed by atoms with Gasteiger partial charge in [-0.25, -0.2) is 0 Å². The topological polar surface area (TPSA) is 142 Å². The average molecular weight is 537 g/mol. The van der Waals surface area contributed by atoms with Crippen molar-refractivity contribution >= 4 is 25.1 Å². The van der Waals surface area contributed by atoms with E-state index in [1.54, 1.807) is 0 Å². The van der Waals surface area contributed by atoms with Gasteiger partial charge in [-0.1, -0.05) is 0 Å². The van der Waals surface area contributed by atoms with E-state index in [-0.39, 0.29) is 26.4 Å². The number of aldehydes is 4. The Morgan fingerprint density at radius 3 is 0.757 bits per heavy atom. The zero-order chi connectivity index (χ0) is 27.1. The van der Waals surface area contributed by atoms with Gasteiger partial charge in [-0.05, 0) is 0 Å². The molecule has 0 aliphatic rings. The SMILES string of the molecule is O=CCCOCCOCC(COCCOCCC=O)(COCCOCCC=O)COCCOCCC=O. The highest BCUT2D eigenvalue weighted by Crippen LogP contribution is 2.21. The predicted octanol–water partition coefficient (Wildman–Crippen LogP) is 0.462. The van der Waals surface area contributed by atoms with Crippen LogP contribution in [-0.2, 0) is 57.1 Å². The fraction of sp³-hybridized carbons (Fsp3) is 0.840. The molecular weight excluding hydrogens is 492 g/mol. The molecular formula is C25H44O12. The van der Waals surface area contributed by atoms with Gasteiger partial charge in [0, 0.05) is 25.7 Å². The summed E-state index contributed by atoms with van der Waals surface area (Å²) < 4.78 is 44.8. The summed E-state index contributed by atoms with van der Waals surface area (Å²) in [6.07, 6.45) is 4.52. The Balaban J connectivity index is 4.83. The number of hydrogen-bond acceptors (Lipinski definition) is 12. The molecule has 37 heavy (non-hydrogen) atoms. The molecule has 0 bridgehead atoms. The van der Waals surface area contributed by atoms with E-state index in [1.807, 2.05) is 0 Å². The first-order valence-corrected chi connectivity index (χ1v) is 12.6. The maximum atomic E-state index is 10.4. The summed E-state index contributed by atoms with van der Waals surface area (Å²) >= 11 is 0. The minimum Gasteiger partial charge on any atom is -0.379 e. The standard InChI is InChI=1S/C25H44O12/c26-5-1-9-30-13-17-34-21-25(22-35-18-14-31-10-2-6-27,23-36-19-15-32-11-3-7-28)24-37-20-16-33-12-4-8-29/h5-8H,1-4,9-24H2. The molecule has 0 heterocycles. The summed E-state index contributed by atoms with van der Waals surface area (Å²) in [5, 5.41) is 0. The molecule has 0 N–H and O–H groups in total. The number of hydrogen-bond donors (Lipinski definition) is 0. The van der Waals surface area contributed by atoms with Gasteiger partial charge in [-0.2, -0.15) is 0 Å². The second kappa shape index (κ2) is 28.9. The van der Waals surface area contributed by atoms with Crippen LogP contribution in [0.25, 0.3) is 0 Å². The zero-order valence-electron chi connectivity index (χ0n) is 21.9. The lowest BCUT2D eigenvalue weighted by molar-refractivity contribution is -0.122. The Hall–Kier alpha value is -1.64. The third-order valence-corrected chi connectivity index (χ3v) is 4.64. The van der Waals surface area contributed by atoms with Crippen molar-refractivity contribution in [2.75, 3.05) is 106 Å². The van der Waals surface area contributed by atoms with Gasteiger partial charge in [0.2, 0.25) is 0 Å². The van der Waals surface area contributed by atoms with Gasteiger partial charge in [-0.3, -0.25) is 0 Å². The minimum atomic E-state index is -0.656. The second-order valence-electron chi connectivity index (χ2n) is 7.98. The Morgan fingerprint density at radius 2 is 0.541 bits per heavy atom. The van der Waals surface area contributed by atoms with Gasteiger partial charge >= 0.3 is 0 Å². The van der Waals surface area contributed by atoms with Crippen LogP contribution in [0.15, 0.2) is 0 Å². The fourth-order valence-electron chi connectivity index (χ4n) is 2.81. The molecule has 0 aromatic rings. The van der Waals surface area contributed by atoms with Gasteiger partial charge < -0.3 is 57.1 Å². The van der Waals surface area contributed by atoms with E-state index in [0.717, 1.165) is 25.1 Å². The van der Waals surface area contributed by atoms with E-state index in [0.29, 0.717) is 105 Å². The van der Waals surface area contributed by atoms with E-state index in [1.165, 1.54) is 0 Å². The van der Waals surface area contributed by atoms with Gasteiger partial charge in [0.25, 0.3) is 0 Å². The highest BCUT2D eigenvalue weighted by molar-refractivity contribution is 5.49. The lowest BCUT2D eigenvalue weighted by Gasteiger charge is -2.33. The summed E-state index contributed by atoms with van der Waals surface area (Å²) in [4.78, 5) is 41.6. The van der Waals surface area contributed by atoms with Crippen molar-refractivity contribution < 1.29 is 57.1 Å². The molecule has 0 atom stereocenters. The van der Waals surface area contributed by atoms with Crippen molar-refractivity contribution in [3.63, 3.8) is 0 Å². The lowest BCUT2D eigenvalue weighted by Crippen LogP contribution is -2.42. The van der Waals surface area contributed by atoms with Crippen LogP contribution in [-0.4, -0.2) is 131 Å². The van der Waals surface area contributed by atoms with Crippen LogP contribution in [0.1, 0.15) is 25.7 Å². The summed E-state index contributed by atoms with van der Waals surface area (Å²) in [6.45, 7) is 5.02. The highest BCUT2D eigenvalue weighted by atomic mass is 16.6. The maximum absolute atomic E-state index is 10.4. The lowest BCUT2D eigenvalue weighted by atomic mass is 9.92. The van der Waals surface area contributed by atoms with Crippen molar-refractivity contribution in [1.82, 2.24) is 0 Å². The quantitative estimate of drug-likeness (QED) is 0.0871. The van der Waals surface area contributed by atoms with E-state index in [4.69, 9.17) is 37.9 Å². The molecule has 0 aromatic carbocycles. The molecule has 0 fully saturated rings. The number of carbonyl (C=O) groups excluding carboxylic acids is 4. The molecule has 0 unspecified atom stereocenters. The molecule has 216 valence electrons. The number of carbonyl (C=O) groups is 4. The smallest absolute Gasteiger partial charge is 0.122 e. The number of ether oxygens (including phenoxy) is 8. The maximum Gasteiger partial charge on any atom is 0.122 e. The van der Waals surface area contributed by atoms with Crippen LogP contribution < -0.4 is 0 Å². The molecule has 0 spiro atoms. The van der Waals surface area contributed by atoms with Crippen molar-refractivity contribution in [2.45, 2.75) is 25.7 Å². The molecule has 12 heteroatoms. The Bertz CT molecular complexity index is 438. The third-order valence-electron chi connectivity index (χ3n) is 4.64. The average Bonchev–Trinajstić information content (AvgIpc) is 2.91. The van der Waals surface area contributed by atoms with Crippen molar-refractivity contribution in [3.8, 4) is 0 Å². The largest absolute Gasteiger partial charge is 0.379 e. The molecule has 0 saturated heterocycles. The van der Waals surface area contributed by atoms with E-state index < -0.39 is 5.41 Å². The van der Waals surface area contributed by atoms with Crippen molar-refractivity contribution in [2.24, 2.45) is 5.41 Å². The van der Waals surface area contributed by atoms with Crippen molar-refractivity contribution in [3.05, 3.63) is 0 Å². The van der Waals surface area contributed by atoms with Crippen LogP contribution in [0.2, 0.25) is 0 Å². The number of rotatable bonds is 32. The summed E-state index contributed by atoms with van der Waals surface area (Å²) in [7, 11) is 0. The van der Waals surface area contributed by atoms with Gasteiger partial charge in [0.1, 0.15) is 25.1 Å². The van der Waals surface area contributed by atoms with Crippen LogP contribution >= 0.6 is 0 Å². The monoisotopic (exact) mass is 536 g/mol. The molecule has 0 rings (SSSR count). The highest BCUT2D eigenvalue weighted by Gasteiger charge is 2.32. The van der Waals surface area contributed by atoms with E-state index in [9.17, 15) is 19.2 Å². The molecule has 0 radical (unpaired) electrons. The molecule has 0 aromatic heterocycles. The first-order chi connectivity index (χ1) is 18.2. The van der Waals surface area contributed by atoms with Crippen LogP contribution in [0.3, 0.4) is 0 Å². The summed E-state index contributed by atoms with van der Waals surface area (Å²) in [5.41, 5.74) is -0.656. The van der Waals surface area contributed by atoms with Gasteiger partial charge in [-0.15, -0.1) is 0 Å². The first-order valence-electron chi connectivity index (χ1n) is 12.6. The predicted molar refractivity (Wildman–Crippen MR) is 132 cm³/mol. The Labute approximate surface area is 219 Å². The Kier molecular flexibility index (Phi) is 27.6. The van der Waals surface area contributed by atoms with Crippen LogP contribution in [0.5, 0.6) is 0 Å². The summed E-state index contributed by atoms with van der Waals surface area (Å²) in [5.74, 6) is 0. The molecule has 0 aliphatic carbocycles. The molecule has 0 amide bonds. The second-order valence-corrected chi connectivity index (χ2v) is 7.98. The van der Waals surface area contributed by atoms with E-state index in [2.05, 4.69) is 0 Å². The van der Waals surface area contributed by atoms with Gasteiger partial charge in [0.05, 0.1) is 111 Å². The molecule has 0 aliphatic heterocycles. The fourth-order valence-corrected chi connectivity index (χ4v) is 2.81. The van der Waals surface area contributed by atoms with E-state index >= 15 is 0 Å². The van der Waals surface area contributed by atoms with Crippen LogP contribution in [0, 0.1) is 5.41 Å².